The predicted molar refractivity (Wildman–Crippen MR) is 96.3 cm³/mol. The third-order valence-electron chi connectivity index (χ3n) is 4.82. The van der Waals surface area contributed by atoms with E-state index < -0.39 is 0 Å². The normalized spacial score (nSPS) is 17.4. The second-order valence-electron chi connectivity index (χ2n) is 6.65. The first kappa shape index (κ1) is 16.5. The van der Waals surface area contributed by atoms with Crippen molar-refractivity contribution in [1.82, 2.24) is 29.0 Å². The van der Waals surface area contributed by atoms with Gasteiger partial charge in [-0.1, -0.05) is 6.07 Å². The summed E-state index contributed by atoms with van der Waals surface area (Å²) in [6.45, 7) is 2.57. The maximum absolute atomic E-state index is 12.6. The van der Waals surface area contributed by atoms with Crippen LogP contribution in [0.15, 0.2) is 55.5 Å². The number of nitrogens with zero attached hydrogens (tertiary/aromatic N) is 6. The molecule has 4 rings (SSSR count). The van der Waals surface area contributed by atoms with Gasteiger partial charge in [0.1, 0.15) is 12.4 Å². The molecule has 7 nitrogen and oxygen atoms in total. The molecule has 134 valence electrons. The number of carbonyl (C=O) groups is 1. The van der Waals surface area contributed by atoms with Gasteiger partial charge in [0.2, 0.25) is 5.91 Å². The van der Waals surface area contributed by atoms with Gasteiger partial charge in [0, 0.05) is 50.0 Å². The standard InChI is InChI=1S/C19H22N6O/c26-18(14-23-10-7-20-15-23)24-9-3-4-16(12-24)19-22-8-11-25(19)13-17-5-1-2-6-21-17/h1-2,5-8,10-11,15-16H,3-4,9,12-14H2/t16-/m1/s1. The molecular weight excluding hydrogens is 328 g/mol. The molecule has 3 aromatic rings. The van der Waals surface area contributed by atoms with Gasteiger partial charge in [0.15, 0.2) is 0 Å². The number of hydrogen-bond acceptors (Lipinski definition) is 4. The molecular formula is C19H22N6O. The third-order valence-corrected chi connectivity index (χ3v) is 4.82. The highest BCUT2D eigenvalue weighted by Crippen LogP contribution is 2.26. The van der Waals surface area contributed by atoms with Gasteiger partial charge in [-0.25, -0.2) is 9.97 Å². The summed E-state index contributed by atoms with van der Waals surface area (Å²) >= 11 is 0. The Hall–Kier alpha value is -2.96. The number of hydrogen-bond donors (Lipinski definition) is 0. The van der Waals surface area contributed by atoms with E-state index in [1.54, 1.807) is 12.5 Å². The lowest BCUT2D eigenvalue weighted by Crippen LogP contribution is -2.41. The lowest BCUT2D eigenvalue weighted by Gasteiger charge is -2.32. The topological polar surface area (TPSA) is 68.8 Å². The highest BCUT2D eigenvalue weighted by atomic mass is 16.2. The van der Waals surface area contributed by atoms with Crippen LogP contribution in [0.5, 0.6) is 0 Å². The van der Waals surface area contributed by atoms with E-state index in [-0.39, 0.29) is 11.8 Å². The zero-order chi connectivity index (χ0) is 17.8. The Morgan fingerprint density at radius 3 is 2.92 bits per heavy atom. The lowest BCUT2D eigenvalue weighted by molar-refractivity contribution is -0.133. The Kier molecular flexibility index (Phi) is 4.77. The predicted octanol–water partition coefficient (Wildman–Crippen LogP) is 1.93. The van der Waals surface area contributed by atoms with Crippen molar-refractivity contribution in [2.75, 3.05) is 13.1 Å². The van der Waals surface area contributed by atoms with Gasteiger partial charge < -0.3 is 14.0 Å². The number of piperidine rings is 1. The zero-order valence-electron chi connectivity index (χ0n) is 14.6. The summed E-state index contributed by atoms with van der Waals surface area (Å²) < 4.78 is 3.96. The fourth-order valence-corrected chi connectivity index (χ4v) is 3.53. The fraction of sp³-hybridized carbons (Fsp3) is 0.368. The molecule has 3 aromatic heterocycles. The Bertz CT molecular complexity index is 842. The van der Waals surface area contributed by atoms with Crippen molar-refractivity contribution in [3.8, 4) is 0 Å². The number of imidazole rings is 2. The second-order valence-corrected chi connectivity index (χ2v) is 6.65. The maximum Gasteiger partial charge on any atom is 0.242 e. The van der Waals surface area contributed by atoms with Crippen molar-refractivity contribution in [2.45, 2.75) is 31.8 Å². The van der Waals surface area contributed by atoms with Crippen molar-refractivity contribution >= 4 is 5.91 Å². The summed E-state index contributed by atoms with van der Waals surface area (Å²) in [7, 11) is 0. The van der Waals surface area contributed by atoms with E-state index in [2.05, 4.69) is 19.5 Å². The molecule has 1 aliphatic heterocycles. The third kappa shape index (κ3) is 3.66. The molecule has 1 saturated heterocycles. The van der Waals surface area contributed by atoms with E-state index in [0.29, 0.717) is 19.6 Å². The SMILES string of the molecule is O=C(Cn1ccnc1)N1CCC[C@@H](c2nccn2Cc2ccccn2)C1. The number of likely N-dealkylation sites (tertiary alicyclic amines) is 1. The number of aromatic nitrogens is 5. The van der Waals surface area contributed by atoms with Crippen molar-refractivity contribution in [3.05, 3.63) is 67.0 Å². The molecule has 0 unspecified atom stereocenters. The summed E-state index contributed by atoms with van der Waals surface area (Å²) in [5.74, 6) is 1.43. The van der Waals surface area contributed by atoms with Crippen molar-refractivity contribution in [1.29, 1.82) is 0 Å². The van der Waals surface area contributed by atoms with Crippen molar-refractivity contribution < 1.29 is 4.79 Å². The highest BCUT2D eigenvalue weighted by molar-refractivity contribution is 5.76. The van der Waals surface area contributed by atoms with E-state index >= 15 is 0 Å². The molecule has 0 saturated carbocycles. The minimum absolute atomic E-state index is 0.135. The van der Waals surface area contributed by atoms with Crippen LogP contribution in [0.3, 0.4) is 0 Å². The van der Waals surface area contributed by atoms with E-state index in [1.807, 2.05) is 52.5 Å². The first-order valence-electron chi connectivity index (χ1n) is 8.94. The van der Waals surface area contributed by atoms with Gasteiger partial charge >= 0.3 is 0 Å². The summed E-state index contributed by atoms with van der Waals surface area (Å²) in [5.41, 5.74) is 1.01. The Morgan fingerprint density at radius 1 is 1.15 bits per heavy atom. The number of pyridine rings is 1. The fourth-order valence-electron chi connectivity index (χ4n) is 3.53. The van der Waals surface area contributed by atoms with Crippen LogP contribution in [0.1, 0.15) is 30.3 Å². The summed E-state index contributed by atoms with van der Waals surface area (Å²) in [4.78, 5) is 27.5. The van der Waals surface area contributed by atoms with Crippen LogP contribution in [-0.2, 0) is 17.9 Å². The van der Waals surface area contributed by atoms with Gasteiger partial charge in [0.25, 0.3) is 0 Å². The second kappa shape index (κ2) is 7.51. The Morgan fingerprint density at radius 2 is 2.12 bits per heavy atom. The molecule has 0 aliphatic carbocycles. The minimum Gasteiger partial charge on any atom is -0.340 e. The molecule has 1 fully saturated rings. The van der Waals surface area contributed by atoms with Gasteiger partial charge in [-0.15, -0.1) is 0 Å². The molecule has 1 amide bonds. The lowest BCUT2D eigenvalue weighted by atomic mass is 9.97. The number of rotatable bonds is 5. The average Bonchev–Trinajstić information content (AvgIpc) is 3.35. The Balaban J connectivity index is 1.45. The van der Waals surface area contributed by atoms with E-state index in [9.17, 15) is 4.79 Å². The molecule has 26 heavy (non-hydrogen) atoms. The van der Waals surface area contributed by atoms with E-state index in [1.165, 1.54) is 0 Å². The van der Waals surface area contributed by atoms with Crippen LogP contribution in [0.2, 0.25) is 0 Å². The molecule has 7 heteroatoms. The van der Waals surface area contributed by atoms with Gasteiger partial charge in [-0.05, 0) is 25.0 Å². The first-order chi connectivity index (χ1) is 12.8. The van der Waals surface area contributed by atoms with Crippen LogP contribution in [0.4, 0.5) is 0 Å². The molecule has 4 heterocycles. The van der Waals surface area contributed by atoms with Crippen LogP contribution >= 0.6 is 0 Å². The summed E-state index contributed by atoms with van der Waals surface area (Å²) in [6, 6.07) is 5.94. The van der Waals surface area contributed by atoms with Gasteiger partial charge in [-0.3, -0.25) is 9.78 Å². The highest BCUT2D eigenvalue weighted by Gasteiger charge is 2.27. The summed E-state index contributed by atoms with van der Waals surface area (Å²) in [6.07, 6.45) is 12.9. The van der Waals surface area contributed by atoms with Crippen LogP contribution in [-0.4, -0.2) is 48.0 Å². The largest absolute Gasteiger partial charge is 0.340 e. The van der Waals surface area contributed by atoms with Crippen LogP contribution in [0.25, 0.3) is 0 Å². The van der Waals surface area contributed by atoms with Gasteiger partial charge in [-0.2, -0.15) is 0 Å². The maximum atomic E-state index is 12.6. The van der Waals surface area contributed by atoms with Crippen molar-refractivity contribution in [3.63, 3.8) is 0 Å². The Labute approximate surface area is 152 Å². The minimum atomic E-state index is 0.135. The van der Waals surface area contributed by atoms with Gasteiger partial charge in [0.05, 0.1) is 18.6 Å². The van der Waals surface area contributed by atoms with Crippen molar-refractivity contribution in [2.24, 2.45) is 0 Å². The number of carbonyl (C=O) groups excluding carboxylic acids is 1. The van der Waals surface area contributed by atoms with Crippen LogP contribution < -0.4 is 0 Å². The van der Waals surface area contributed by atoms with E-state index in [0.717, 1.165) is 30.9 Å². The molecule has 0 spiro atoms. The van der Waals surface area contributed by atoms with E-state index in [4.69, 9.17) is 0 Å². The number of amides is 1. The summed E-state index contributed by atoms with van der Waals surface area (Å²) in [5, 5.41) is 0. The average molecular weight is 350 g/mol. The molecule has 0 N–H and O–H groups in total. The smallest absolute Gasteiger partial charge is 0.242 e. The molecule has 0 bridgehead atoms. The molecule has 1 atom stereocenters. The molecule has 0 radical (unpaired) electrons. The quantitative estimate of drug-likeness (QED) is 0.705. The zero-order valence-corrected chi connectivity index (χ0v) is 14.6. The monoisotopic (exact) mass is 350 g/mol. The molecule has 0 aromatic carbocycles. The molecule has 1 aliphatic rings. The van der Waals surface area contributed by atoms with Crippen LogP contribution in [0, 0.1) is 0 Å². The first-order valence-corrected chi connectivity index (χ1v) is 8.94.